The Labute approximate surface area is 99.2 Å². The van der Waals surface area contributed by atoms with E-state index in [1.165, 1.54) is 0 Å². The highest BCUT2D eigenvalue weighted by Gasteiger charge is 2.31. The van der Waals surface area contributed by atoms with Gasteiger partial charge in [-0.3, -0.25) is 14.9 Å². The molecule has 0 spiro atoms. The Hall–Kier alpha value is -1.15. The van der Waals surface area contributed by atoms with Crippen LogP contribution < -0.4 is 16.0 Å². The summed E-state index contributed by atoms with van der Waals surface area (Å²) in [5.41, 5.74) is 0. The zero-order chi connectivity index (χ0) is 12.5. The Bertz CT molecular complexity index is 424. The van der Waals surface area contributed by atoms with Gasteiger partial charge in [0.05, 0.1) is 18.1 Å². The number of piperazine rings is 1. The third-order valence-corrected chi connectivity index (χ3v) is 4.68. The van der Waals surface area contributed by atoms with Gasteiger partial charge in [0.25, 0.3) is 0 Å². The molecule has 2 amide bonds. The first kappa shape index (κ1) is 12.3. The molecule has 0 aromatic carbocycles. The van der Waals surface area contributed by atoms with Crippen molar-refractivity contribution in [2.24, 2.45) is 0 Å². The van der Waals surface area contributed by atoms with E-state index >= 15 is 0 Å². The Morgan fingerprint density at radius 1 is 1.41 bits per heavy atom. The molecule has 17 heavy (non-hydrogen) atoms. The molecule has 96 valence electrons. The van der Waals surface area contributed by atoms with Gasteiger partial charge in [0, 0.05) is 12.6 Å². The van der Waals surface area contributed by atoms with Crippen LogP contribution in [0.15, 0.2) is 0 Å². The van der Waals surface area contributed by atoms with Gasteiger partial charge in [0.15, 0.2) is 9.84 Å². The molecule has 2 fully saturated rings. The van der Waals surface area contributed by atoms with E-state index < -0.39 is 15.9 Å². The fourth-order valence-electron chi connectivity index (χ4n) is 1.96. The first-order valence-electron chi connectivity index (χ1n) is 5.47. The van der Waals surface area contributed by atoms with Crippen LogP contribution in [0.5, 0.6) is 0 Å². The number of rotatable bonds is 2. The van der Waals surface area contributed by atoms with E-state index in [2.05, 4.69) is 16.0 Å². The molecule has 2 atom stereocenters. The van der Waals surface area contributed by atoms with Crippen molar-refractivity contribution in [3.8, 4) is 0 Å². The molecule has 2 saturated heterocycles. The van der Waals surface area contributed by atoms with Gasteiger partial charge >= 0.3 is 0 Å². The molecule has 8 heteroatoms. The van der Waals surface area contributed by atoms with Crippen molar-refractivity contribution in [2.45, 2.75) is 18.5 Å². The number of carbonyl (C=O) groups is 2. The van der Waals surface area contributed by atoms with E-state index in [1.807, 2.05) is 0 Å². The van der Waals surface area contributed by atoms with Crippen molar-refractivity contribution < 1.29 is 18.0 Å². The number of hydrogen-bond acceptors (Lipinski definition) is 5. The highest BCUT2D eigenvalue weighted by molar-refractivity contribution is 7.91. The number of hydrogen-bond donors (Lipinski definition) is 3. The van der Waals surface area contributed by atoms with E-state index in [0.29, 0.717) is 6.42 Å². The highest BCUT2D eigenvalue weighted by Crippen LogP contribution is 2.11. The van der Waals surface area contributed by atoms with Gasteiger partial charge in [-0.25, -0.2) is 8.42 Å². The lowest BCUT2D eigenvalue weighted by Gasteiger charge is -2.24. The molecule has 2 aliphatic heterocycles. The zero-order valence-corrected chi connectivity index (χ0v) is 10.0. The van der Waals surface area contributed by atoms with Gasteiger partial charge in [-0.1, -0.05) is 0 Å². The maximum absolute atomic E-state index is 11.8. The molecular weight excluding hydrogens is 246 g/mol. The average molecular weight is 261 g/mol. The molecule has 3 N–H and O–H groups in total. The number of nitrogens with one attached hydrogen (secondary N) is 3. The lowest BCUT2D eigenvalue weighted by Crippen LogP contribution is -2.59. The maximum atomic E-state index is 11.8. The molecular formula is C9H15N3O4S. The average Bonchev–Trinajstić information content (AvgIpc) is 2.59. The molecule has 2 rings (SSSR count). The minimum atomic E-state index is -2.99. The van der Waals surface area contributed by atoms with Crippen LogP contribution >= 0.6 is 0 Å². The van der Waals surface area contributed by atoms with E-state index in [0.717, 1.165) is 0 Å². The number of sulfone groups is 1. The topological polar surface area (TPSA) is 104 Å². The van der Waals surface area contributed by atoms with Gasteiger partial charge in [0.2, 0.25) is 11.8 Å². The molecule has 7 nitrogen and oxygen atoms in total. The van der Waals surface area contributed by atoms with Crippen molar-refractivity contribution in [3.63, 3.8) is 0 Å². The minimum absolute atomic E-state index is 0.0117. The van der Waals surface area contributed by atoms with Gasteiger partial charge < -0.3 is 10.6 Å². The van der Waals surface area contributed by atoms with Crippen LogP contribution in [0.3, 0.4) is 0 Å². The Kier molecular flexibility index (Phi) is 3.34. The van der Waals surface area contributed by atoms with E-state index in [-0.39, 0.29) is 42.5 Å². The molecule has 0 saturated carbocycles. The summed E-state index contributed by atoms with van der Waals surface area (Å²) in [5, 5.41) is 8.05. The lowest BCUT2D eigenvalue weighted by atomic mass is 10.2. The molecule has 0 aliphatic carbocycles. The summed E-state index contributed by atoms with van der Waals surface area (Å²) in [4.78, 5) is 22.6. The SMILES string of the molecule is O=C1CNC(C(=O)NC2CCS(=O)(=O)C2)CN1. The number of amides is 2. The summed E-state index contributed by atoms with van der Waals surface area (Å²) in [6, 6.07) is -0.775. The van der Waals surface area contributed by atoms with Crippen molar-refractivity contribution in [2.75, 3.05) is 24.6 Å². The van der Waals surface area contributed by atoms with Crippen LogP contribution in [-0.2, 0) is 19.4 Å². The van der Waals surface area contributed by atoms with Crippen molar-refractivity contribution in [1.82, 2.24) is 16.0 Å². The molecule has 2 heterocycles. The second-order valence-corrected chi connectivity index (χ2v) is 6.57. The van der Waals surface area contributed by atoms with Crippen LogP contribution in [0.2, 0.25) is 0 Å². The van der Waals surface area contributed by atoms with Crippen LogP contribution in [0.4, 0.5) is 0 Å². The molecule has 2 aliphatic rings. The summed E-state index contributed by atoms with van der Waals surface area (Å²) in [7, 11) is -2.99. The lowest BCUT2D eigenvalue weighted by molar-refractivity contribution is -0.126. The normalized spacial score (nSPS) is 31.9. The molecule has 0 bridgehead atoms. The predicted molar refractivity (Wildman–Crippen MR) is 60.0 cm³/mol. The molecule has 0 radical (unpaired) electrons. The second kappa shape index (κ2) is 4.61. The van der Waals surface area contributed by atoms with Crippen LogP contribution in [-0.4, -0.2) is 56.9 Å². The van der Waals surface area contributed by atoms with Crippen molar-refractivity contribution in [3.05, 3.63) is 0 Å². The number of carbonyl (C=O) groups excluding carboxylic acids is 2. The molecule has 0 aromatic heterocycles. The second-order valence-electron chi connectivity index (χ2n) is 4.35. The largest absolute Gasteiger partial charge is 0.353 e. The fourth-order valence-corrected chi connectivity index (χ4v) is 3.64. The maximum Gasteiger partial charge on any atom is 0.239 e. The predicted octanol–water partition coefficient (Wildman–Crippen LogP) is -2.62. The summed E-state index contributed by atoms with van der Waals surface area (Å²) >= 11 is 0. The third-order valence-electron chi connectivity index (χ3n) is 2.91. The Balaban J connectivity index is 1.83. The smallest absolute Gasteiger partial charge is 0.239 e. The monoisotopic (exact) mass is 261 g/mol. The van der Waals surface area contributed by atoms with Gasteiger partial charge in [-0.05, 0) is 6.42 Å². The molecule has 2 unspecified atom stereocenters. The first-order chi connectivity index (χ1) is 7.96. The van der Waals surface area contributed by atoms with E-state index in [9.17, 15) is 18.0 Å². The third kappa shape index (κ3) is 3.16. The van der Waals surface area contributed by atoms with E-state index in [4.69, 9.17) is 0 Å². The summed E-state index contributed by atoms with van der Waals surface area (Å²) in [6.45, 7) is 0.352. The van der Waals surface area contributed by atoms with Crippen molar-refractivity contribution in [1.29, 1.82) is 0 Å². The summed E-state index contributed by atoms with van der Waals surface area (Å²) in [6.07, 6.45) is 0.465. The van der Waals surface area contributed by atoms with Crippen molar-refractivity contribution >= 4 is 21.7 Å². The Morgan fingerprint density at radius 2 is 2.18 bits per heavy atom. The van der Waals surface area contributed by atoms with Crippen LogP contribution in [0, 0.1) is 0 Å². The van der Waals surface area contributed by atoms with E-state index in [1.54, 1.807) is 0 Å². The quantitative estimate of drug-likeness (QED) is 0.505. The van der Waals surface area contributed by atoms with Crippen LogP contribution in [0.25, 0.3) is 0 Å². The Morgan fingerprint density at radius 3 is 2.71 bits per heavy atom. The minimum Gasteiger partial charge on any atom is -0.353 e. The zero-order valence-electron chi connectivity index (χ0n) is 9.23. The van der Waals surface area contributed by atoms with Gasteiger partial charge in [-0.2, -0.15) is 0 Å². The fraction of sp³-hybridized carbons (Fsp3) is 0.778. The van der Waals surface area contributed by atoms with Crippen LogP contribution in [0.1, 0.15) is 6.42 Å². The summed E-state index contributed by atoms with van der Waals surface area (Å²) in [5.74, 6) is -0.255. The standard InChI is InChI=1S/C9H15N3O4S/c13-8-4-10-7(3-11-8)9(14)12-6-1-2-17(15,16)5-6/h6-7,10H,1-5H2,(H,11,13)(H,12,14). The molecule has 0 aromatic rings. The highest BCUT2D eigenvalue weighted by atomic mass is 32.2. The van der Waals surface area contributed by atoms with Gasteiger partial charge in [0.1, 0.15) is 6.04 Å². The van der Waals surface area contributed by atoms with Gasteiger partial charge in [-0.15, -0.1) is 0 Å². The summed E-state index contributed by atoms with van der Waals surface area (Å²) < 4.78 is 22.4. The first-order valence-corrected chi connectivity index (χ1v) is 7.29.